The molecular weight excluding hydrogens is 298 g/mol. The highest BCUT2D eigenvalue weighted by Gasteiger charge is 2.34. The van der Waals surface area contributed by atoms with Crippen molar-refractivity contribution in [3.8, 4) is 0 Å². The summed E-state index contributed by atoms with van der Waals surface area (Å²) in [5.41, 5.74) is 3.81. The Balaban J connectivity index is 2.12. The van der Waals surface area contributed by atoms with Crippen molar-refractivity contribution in [3.63, 3.8) is 0 Å². The number of carbonyl (C=O) groups excluding carboxylic acids is 1. The van der Waals surface area contributed by atoms with Crippen LogP contribution in [0.2, 0.25) is 0 Å². The van der Waals surface area contributed by atoms with E-state index in [9.17, 15) is 4.79 Å². The van der Waals surface area contributed by atoms with Crippen molar-refractivity contribution in [3.05, 3.63) is 71.1 Å². The van der Waals surface area contributed by atoms with Gasteiger partial charge in [0, 0.05) is 44.3 Å². The zero-order valence-electron chi connectivity index (χ0n) is 14.7. The molecule has 0 radical (unpaired) electrons. The number of benzene rings is 1. The topological polar surface area (TPSA) is 37.7 Å². The fourth-order valence-electron chi connectivity index (χ4n) is 3.20. The first-order chi connectivity index (χ1) is 11.5. The van der Waals surface area contributed by atoms with Gasteiger partial charge in [0.25, 0.3) is 5.82 Å². The van der Waals surface area contributed by atoms with Gasteiger partial charge in [-0.15, -0.1) is 0 Å². The molecule has 0 spiro atoms. The lowest BCUT2D eigenvalue weighted by atomic mass is 9.78. The normalized spacial score (nSPS) is 18.4. The van der Waals surface area contributed by atoms with Crippen molar-refractivity contribution in [1.82, 2.24) is 4.90 Å². The zero-order valence-corrected chi connectivity index (χ0v) is 14.7. The summed E-state index contributed by atoms with van der Waals surface area (Å²) in [5, 5.41) is 0. The lowest BCUT2D eigenvalue weighted by molar-refractivity contribution is -0.376. The highest BCUT2D eigenvalue weighted by atomic mass is 16.1. The molecule has 24 heavy (non-hydrogen) atoms. The fraction of sp³-hybridized carbons (Fsp3) is 0.300. The van der Waals surface area contributed by atoms with Crippen LogP contribution < -0.4 is 9.88 Å². The van der Waals surface area contributed by atoms with Gasteiger partial charge in [0.2, 0.25) is 0 Å². The van der Waals surface area contributed by atoms with E-state index in [4.69, 9.17) is 0 Å². The molecule has 1 heterocycles. The van der Waals surface area contributed by atoms with E-state index < -0.39 is 0 Å². The van der Waals surface area contributed by atoms with Crippen LogP contribution in [0.25, 0.3) is 0 Å². The maximum Gasteiger partial charge on any atom is 0.274 e. The minimum absolute atomic E-state index is 0.0715. The highest BCUT2D eigenvalue weighted by Crippen LogP contribution is 2.35. The summed E-state index contributed by atoms with van der Waals surface area (Å²) in [5.74, 6) is 1.19. The number of nitrogens with one attached hydrogen (secondary N) is 1. The molecule has 0 amide bonds. The Hall–Kier alpha value is -2.62. The monoisotopic (exact) mass is 322 g/mol. The van der Waals surface area contributed by atoms with E-state index in [1.165, 1.54) is 5.56 Å². The van der Waals surface area contributed by atoms with E-state index in [2.05, 4.69) is 17.1 Å². The number of ketones is 1. The first-order valence-electron chi connectivity index (χ1n) is 8.17. The SMILES string of the molecule is CN(C)/C=C1\C(=O)c2ccc(N(C)C)[nH+]c2C[C@@H]1c1ccccc1. The second kappa shape index (κ2) is 6.48. The summed E-state index contributed by atoms with van der Waals surface area (Å²) in [4.78, 5) is 20.5. The molecule has 1 N–H and O–H groups in total. The Morgan fingerprint density at radius 3 is 2.38 bits per heavy atom. The number of hydrogen-bond acceptors (Lipinski definition) is 3. The molecule has 4 nitrogen and oxygen atoms in total. The van der Waals surface area contributed by atoms with E-state index in [1.54, 1.807) is 0 Å². The molecule has 1 aromatic heterocycles. The van der Waals surface area contributed by atoms with Gasteiger partial charge < -0.3 is 4.90 Å². The maximum absolute atomic E-state index is 13.1. The van der Waals surface area contributed by atoms with Crippen LogP contribution in [0.15, 0.2) is 54.2 Å². The number of Topliss-reactive ketones (excluding diaryl/α,β-unsaturated/α-hetero) is 1. The van der Waals surface area contributed by atoms with Crippen LogP contribution >= 0.6 is 0 Å². The number of hydrogen-bond donors (Lipinski definition) is 0. The van der Waals surface area contributed by atoms with E-state index in [-0.39, 0.29) is 11.7 Å². The van der Waals surface area contributed by atoms with Gasteiger partial charge in [-0.05, 0) is 11.6 Å². The number of anilines is 1. The number of carbonyl (C=O) groups is 1. The van der Waals surface area contributed by atoms with Crippen molar-refractivity contribution in [2.45, 2.75) is 12.3 Å². The lowest BCUT2D eigenvalue weighted by Crippen LogP contribution is -2.32. The molecule has 0 bridgehead atoms. The highest BCUT2D eigenvalue weighted by molar-refractivity contribution is 6.11. The summed E-state index contributed by atoms with van der Waals surface area (Å²) in [6, 6.07) is 14.2. The summed E-state index contributed by atoms with van der Waals surface area (Å²) in [6.07, 6.45) is 2.76. The van der Waals surface area contributed by atoms with Crippen LogP contribution in [-0.2, 0) is 6.42 Å². The minimum Gasteiger partial charge on any atom is -0.383 e. The van der Waals surface area contributed by atoms with Crippen molar-refractivity contribution in [2.24, 2.45) is 0 Å². The number of rotatable bonds is 3. The molecule has 1 aliphatic rings. The molecule has 1 aromatic carbocycles. The average molecular weight is 322 g/mol. The maximum atomic E-state index is 13.1. The summed E-state index contributed by atoms with van der Waals surface area (Å²) in [7, 11) is 7.90. The van der Waals surface area contributed by atoms with Crippen LogP contribution in [0.5, 0.6) is 0 Å². The molecule has 0 saturated heterocycles. The predicted octanol–water partition coefficient (Wildman–Crippen LogP) is 2.53. The number of pyridine rings is 1. The van der Waals surface area contributed by atoms with E-state index >= 15 is 0 Å². The predicted molar refractivity (Wildman–Crippen MR) is 96.3 cm³/mol. The van der Waals surface area contributed by atoms with Gasteiger partial charge in [-0.3, -0.25) is 9.69 Å². The number of aromatic nitrogens is 1. The zero-order chi connectivity index (χ0) is 17.3. The molecule has 0 unspecified atom stereocenters. The second-order valence-electron chi connectivity index (χ2n) is 6.67. The van der Waals surface area contributed by atoms with Gasteiger partial charge in [0.15, 0.2) is 5.78 Å². The van der Waals surface area contributed by atoms with E-state index in [1.807, 2.05) is 74.5 Å². The number of H-pyrrole nitrogens is 1. The number of aromatic amines is 1. The number of allylic oxidation sites excluding steroid dienone is 1. The smallest absolute Gasteiger partial charge is 0.274 e. The van der Waals surface area contributed by atoms with Gasteiger partial charge in [0.05, 0.1) is 19.7 Å². The quantitative estimate of drug-likeness (QED) is 0.815. The van der Waals surface area contributed by atoms with E-state index in [0.29, 0.717) is 0 Å². The van der Waals surface area contributed by atoms with Crippen LogP contribution in [0.4, 0.5) is 5.82 Å². The summed E-state index contributed by atoms with van der Waals surface area (Å²) >= 11 is 0. The lowest BCUT2D eigenvalue weighted by Gasteiger charge is -2.26. The molecule has 124 valence electrons. The number of nitrogens with zero attached hydrogens (tertiary/aromatic N) is 2. The first kappa shape index (κ1) is 16.2. The fourth-order valence-corrected chi connectivity index (χ4v) is 3.20. The third-order valence-electron chi connectivity index (χ3n) is 4.38. The van der Waals surface area contributed by atoms with Gasteiger partial charge >= 0.3 is 0 Å². The van der Waals surface area contributed by atoms with Gasteiger partial charge in [-0.1, -0.05) is 30.3 Å². The molecular formula is C20H24N3O+. The van der Waals surface area contributed by atoms with Gasteiger partial charge in [-0.25, -0.2) is 4.98 Å². The van der Waals surface area contributed by atoms with Crippen LogP contribution in [-0.4, -0.2) is 38.9 Å². The Morgan fingerprint density at radius 2 is 1.75 bits per heavy atom. The standard InChI is InChI=1S/C20H23N3O/c1-22(2)13-17-16(14-8-6-5-7-9-14)12-18-15(20(17)24)10-11-19(21-18)23(3)4/h5-11,13,16H,12H2,1-4H3/p+1/b17-13-/t16-/m1/s1. The third kappa shape index (κ3) is 3.04. The molecule has 0 fully saturated rings. The van der Waals surface area contributed by atoms with Crippen LogP contribution in [0, 0.1) is 0 Å². The largest absolute Gasteiger partial charge is 0.383 e. The molecule has 1 atom stereocenters. The Kier molecular flexibility index (Phi) is 4.38. The molecule has 4 heteroatoms. The minimum atomic E-state index is 0.0715. The van der Waals surface area contributed by atoms with Crippen molar-refractivity contribution < 1.29 is 9.78 Å². The molecule has 3 rings (SSSR count). The Morgan fingerprint density at radius 1 is 1.04 bits per heavy atom. The van der Waals surface area contributed by atoms with Crippen molar-refractivity contribution in [1.29, 1.82) is 0 Å². The van der Waals surface area contributed by atoms with Crippen LogP contribution in [0.1, 0.15) is 27.5 Å². The number of fused-ring (bicyclic) bond motifs is 1. The first-order valence-corrected chi connectivity index (χ1v) is 8.17. The Labute approximate surface area is 143 Å². The van der Waals surface area contributed by atoms with Gasteiger partial charge in [-0.2, -0.15) is 0 Å². The third-order valence-corrected chi connectivity index (χ3v) is 4.38. The van der Waals surface area contributed by atoms with Crippen molar-refractivity contribution >= 4 is 11.6 Å². The van der Waals surface area contributed by atoms with E-state index in [0.717, 1.165) is 29.1 Å². The average Bonchev–Trinajstić information content (AvgIpc) is 2.57. The van der Waals surface area contributed by atoms with Crippen LogP contribution in [0.3, 0.4) is 0 Å². The summed E-state index contributed by atoms with van der Waals surface area (Å²) in [6.45, 7) is 0. The Bertz CT molecular complexity index is 779. The second-order valence-corrected chi connectivity index (χ2v) is 6.67. The summed E-state index contributed by atoms with van der Waals surface area (Å²) < 4.78 is 0. The molecule has 2 aromatic rings. The van der Waals surface area contributed by atoms with Crippen molar-refractivity contribution in [2.75, 3.05) is 33.1 Å². The van der Waals surface area contributed by atoms with Gasteiger partial charge in [0.1, 0.15) is 5.69 Å². The molecule has 0 saturated carbocycles. The molecule has 0 aliphatic heterocycles. The molecule has 1 aliphatic carbocycles.